The van der Waals surface area contributed by atoms with E-state index in [0.717, 1.165) is 11.1 Å². The van der Waals surface area contributed by atoms with Crippen LogP contribution >= 0.6 is 0 Å². The van der Waals surface area contributed by atoms with Crippen LogP contribution in [0.1, 0.15) is 28.3 Å². The number of aryl methyl sites for hydroxylation is 1. The first-order chi connectivity index (χ1) is 8.94. The summed E-state index contributed by atoms with van der Waals surface area (Å²) in [5, 5.41) is 0. The van der Waals surface area contributed by atoms with Gasteiger partial charge >= 0.3 is 5.97 Å². The first-order valence-corrected chi connectivity index (χ1v) is 6.42. The highest BCUT2D eigenvalue weighted by molar-refractivity contribution is 5.79. The van der Waals surface area contributed by atoms with Crippen molar-refractivity contribution in [3.05, 3.63) is 34.4 Å². The zero-order chi connectivity index (χ0) is 14.2. The summed E-state index contributed by atoms with van der Waals surface area (Å²) in [7, 11) is 1.39. The van der Waals surface area contributed by atoms with Crippen LogP contribution in [0.5, 0.6) is 0 Å². The van der Waals surface area contributed by atoms with Crippen LogP contribution in [0.3, 0.4) is 0 Å². The Morgan fingerprint density at radius 1 is 1.32 bits per heavy atom. The maximum atomic E-state index is 12.0. The van der Waals surface area contributed by atoms with Gasteiger partial charge in [0, 0.05) is 0 Å². The first kappa shape index (κ1) is 14.0. The lowest BCUT2D eigenvalue weighted by atomic mass is 9.74. The molecule has 1 aromatic carbocycles. The van der Waals surface area contributed by atoms with Crippen molar-refractivity contribution >= 4 is 5.97 Å². The standard InChI is InChI=1S/C15H21NO3/c1-9-5-6-12(11(3)10(9)2)13(16)15(7-19-8-15)14(17)18-4/h5-6,13H,7-8,16H2,1-4H3. The van der Waals surface area contributed by atoms with Gasteiger partial charge in [-0.1, -0.05) is 12.1 Å². The van der Waals surface area contributed by atoms with Crippen molar-refractivity contribution in [2.45, 2.75) is 26.8 Å². The van der Waals surface area contributed by atoms with Crippen LogP contribution in [0, 0.1) is 26.2 Å². The van der Waals surface area contributed by atoms with Crippen molar-refractivity contribution < 1.29 is 14.3 Å². The second-order valence-electron chi connectivity index (χ2n) is 5.34. The van der Waals surface area contributed by atoms with Gasteiger partial charge in [0.1, 0.15) is 5.41 Å². The van der Waals surface area contributed by atoms with Crippen molar-refractivity contribution in [3.8, 4) is 0 Å². The Hall–Kier alpha value is -1.39. The van der Waals surface area contributed by atoms with Gasteiger partial charge in [-0.2, -0.15) is 0 Å². The van der Waals surface area contributed by atoms with E-state index in [4.69, 9.17) is 15.2 Å². The van der Waals surface area contributed by atoms with Crippen molar-refractivity contribution in [3.63, 3.8) is 0 Å². The van der Waals surface area contributed by atoms with Crippen molar-refractivity contribution in [1.29, 1.82) is 0 Å². The Morgan fingerprint density at radius 2 is 1.95 bits per heavy atom. The number of carbonyl (C=O) groups excluding carboxylic acids is 1. The lowest BCUT2D eigenvalue weighted by molar-refractivity contribution is -0.188. The number of hydrogen-bond donors (Lipinski definition) is 1. The van der Waals surface area contributed by atoms with Gasteiger partial charge in [-0.15, -0.1) is 0 Å². The van der Waals surface area contributed by atoms with Crippen molar-refractivity contribution in [2.75, 3.05) is 20.3 Å². The molecule has 2 N–H and O–H groups in total. The maximum Gasteiger partial charge on any atom is 0.318 e. The van der Waals surface area contributed by atoms with Gasteiger partial charge in [-0.3, -0.25) is 4.79 Å². The molecule has 1 atom stereocenters. The quantitative estimate of drug-likeness (QED) is 0.845. The van der Waals surface area contributed by atoms with Crippen LogP contribution in [-0.2, 0) is 14.3 Å². The van der Waals surface area contributed by atoms with Gasteiger partial charge in [-0.05, 0) is 43.0 Å². The lowest BCUT2D eigenvalue weighted by Gasteiger charge is -2.43. The van der Waals surface area contributed by atoms with E-state index in [9.17, 15) is 4.79 Å². The molecule has 1 saturated heterocycles. The predicted octanol–water partition coefficient (Wildman–Crippen LogP) is 1.80. The third-order valence-electron chi connectivity index (χ3n) is 4.34. The SMILES string of the molecule is COC(=O)C1(C(N)c2ccc(C)c(C)c2C)COC1. The molecule has 1 aromatic rings. The summed E-state index contributed by atoms with van der Waals surface area (Å²) in [4.78, 5) is 12.0. The van der Waals surface area contributed by atoms with Crippen LogP contribution in [0.15, 0.2) is 12.1 Å². The molecule has 0 spiro atoms. The molecule has 19 heavy (non-hydrogen) atoms. The van der Waals surface area contributed by atoms with Crippen molar-refractivity contribution in [2.24, 2.45) is 11.1 Å². The number of rotatable bonds is 3. The van der Waals surface area contributed by atoms with Crippen LogP contribution < -0.4 is 5.73 Å². The highest BCUT2D eigenvalue weighted by Gasteiger charge is 2.52. The second-order valence-corrected chi connectivity index (χ2v) is 5.34. The van der Waals surface area contributed by atoms with E-state index in [1.54, 1.807) is 0 Å². The topological polar surface area (TPSA) is 61.5 Å². The van der Waals surface area contributed by atoms with Gasteiger partial charge in [0.05, 0.1) is 26.4 Å². The number of benzene rings is 1. The Bertz CT molecular complexity index is 506. The molecule has 4 heteroatoms. The summed E-state index contributed by atoms with van der Waals surface area (Å²) in [6.07, 6.45) is 0. The highest BCUT2D eigenvalue weighted by atomic mass is 16.5. The fourth-order valence-electron chi connectivity index (χ4n) is 2.56. The molecule has 0 bridgehead atoms. The van der Waals surface area contributed by atoms with Crippen molar-refractivity contribution in [1.82, 2.24) is 0 Å². The van der Waals surface area contributed by atoms with E-state index in [1.807, 2.05) is 19.1 Å². The average molecular weight is 263 g/mol. The summed E-state index contributed by atoms with van der Waals surface area (Å²) < 4.78 is 10.1. The number of carbonyl (C=O) groups is 1. The summed E-state index contributed by atoms with van der Waals surface area (Å²) in [6.45, 7) is 6.84. The zero-order valence-corrected chi connectivity index (χ0v) is 11.9. The molecular weight excluding hydrogens is 242 g/mol. The largest absolute Gasteiger partial charge is 0.468 e. The number of hydrogen-bond acceptors (Lipinski definition) is 4. The maximum absolute atomic E-state index is 12.0. The summed E-state index contributed by atoms with van der Waals surface area (Å²) in [5.74, 6) is -0.288. The molecule has 1 fully saturated rings. The summed E-state index contributed by atoms with van der Waals surface area (Å²) >= 11 is 0. The fraction of sp³-hybridized carbons (Fsp3) is 0.533. The normalized spacial score (nSPS) is 18.6. The van der Waals surface area contributed by atoms with E-state index in [0.29, 0.717) is 13.2 Å². The molecule has 4 nitrogen and oxygen atoms in total. The number of ether oxygens (including phenoxy) is 2. The summed E-state index contributed by atoms with van der Waals surface area (Å²) in [6, 6.07) is 3.65. The predicted molar refractivity (Wildman–Crippen MR) is 72.8 cm³/mol. The molecule has 1 aliphatic heterocycles. The third-order valence-corrected chi connectivity index (χ3v) is 4.34. The molecule has 104 valence electrons. The Labute approximate surface area is 113 Å². The molecule has 0 aliphatic carbocycles. The van der Waals surface area contributed by atoms with Crippen LogP contribution in [0.4, 0.5) is 0 Å². The zero-order valence-electron chi connectivity index (χ0n) is 11.9. The smallest absolute Gasteiger partial charge is 0.318 e. The minimum Gasteiger partial charge on any atom is -0.468 e. The molecule has 2 rings (SSSR count). The number of nitrogens with two attached hydrogens (primary N) is 1. The molecule has 0 radical (unpaired) electrons. The molecule has 1 unspecified atom stereocenters. The summed E-state index contributed by atoms with van der Waals surface area (Å²) in [5.41, 5.74) is 10.2. The minimum atomic E-state index is -0.735. The average Bonchev–Trinajstić information content (AvgIpc) is 2.34. The van der Waals surface area contributed by atoms with Crippen LogP contribution in [-0.4, -0.2) is 26.3 Å². The second kappa shape index (κ2) is 4.94. The van der Waals surface area contributed by atoms with Crippen LogP contribution in [0.2, 0.25) is 0 Å². The Morgan fingerprint density at radius 3 is 2.42 bits per heavy atom. The molecule has 1 heterocycles. The van der Waals surface area contributed by atoms with Gasteiger partial charge in [0.2, 0.25) is 0 Å². The molecule has 0 amide bonds. The van der Waals surface area contributed by atoms with Gasteiger partial charge in [0.25, 0.3) is 0 Å². The number of esters is 1. The monoisotopic (exact) mass is 263 g/mol. The van der Waals surface area contributed by atoms with E-state index in [2.05, 4.69) is 13.8 Å². The Kier molecular flexibility index (Phi) is 3.65. The Balaban J connectivity index is 2.41. The molecule has 0 aromatic heterocycles. The fourth-order valence-corrected chi connectivity index (χ4v) is 2.56. The lowest BCUT2D eigenvalue weighted by Crippen LogP contribution is -2.56. The van der Waals surface area contributed by atoms with E-state index < -0.39 is 11.5 Å². The van der Waals surface area contributed by atoms with E-state index in [1.165, 1.54) is 18.2 Å². The minimum absolute atomic E-state index is 0.288. The first-order valence-electron chi connectivity index (χ1n) is 6.42. The van der Waals surface area contributed by atoms with Crippen LogP contribution in [0.25, 0.3) is 0 Å². The van der Waals surface area contributed by atoms with Gasteiger partial charge < -0.3 is 15.2 Å². The molecule has 0 saturated carbocycles. The highest BCUT2D eigenvalue weighted by Crippen LogP contribution is 2.41. The van der Waals surface area contributed by atoms with Gasteiger partial charge in [-0.25, -0.2) is 0 Å². The number of methoxy groups -OCH3 is 1. The third kappa shape index (κ3) is 2.05. The molecule has 1 aliphatic rings. The van der Waals surface area contributed by atoms with E-state index in [-0.39, 0.29) is 5.97 Å². The molecular formula is C15H21NO3. The van der Waals surface area contributed by atoms with E-state index >= 15 is 0 Å². The van der Waals surface area contributed by atoms with Gasteiger partial charge in [0.15, 0.2) is 0 Å².